The van der Waals surface area contributed by atoms with Gasteiger partial charge in [0, 0.05) is 31.7 Å². The number of guanidine groups is 1. The molecule has 7 nitrogen and oxygen atoms in total. The quantitative estimate of drug-likeness (QED) is 0.271. The van der Waals surface area contributed by atoms with Gasteiger partial charge in [0.25, 0.3) is 0 Å². The molecule has 1 saturated heterocycles. The van der Waals surface area contributed by atoms with Crippen LogP contribution >= 0.6 is 24.0 Å². The third-order valence-electron chi connectivity index (χ3n) is 6.48. The van der Waals surface area contributed by atoms with Gasteiger partial charge in [0.1, 0.15) is 0 Å². The summed E-state index contributed by atoms with van der Waals surface area (Å²) in [6.07, 6.45) is 7.25. The van der Waals surface area contributed by atoms with E-state index in [1.54, 1.807) is 14.2 Å². The molecule has 1 saturated carbocycles. The Labute approximate surface area is 210 Å². The Morgan fingerprint density at radius 3 is 2.56 bits per heavy atom. The lowest BCUT2D eigenvalue weighted by atomic mass is 9.69. The van der Waals surface area contributed by atoms with Crippen molar-refractivity contribution in [1.82, 2.24) is 10.6 Å². The van der Waals surface area contributed by atoms with Crippen molar-refractivity contribution >= 4 is 29.9 Å². The van der Waals surface area contributed by atoms with E-state index in [4.69, 9.17) is 18.9 Å². The number of nitrogens with zero attached hydrogens (tertiary/aromatic N) is 1. The maximum Gasteiger partial charge on any atom is 0.191 e. The fourth-order valence-corrected chi connectivity index (χ4v) is 4.61. The molecule has 32 heavy (non-hydrogen) atoms. The van der Waals surface area contributed by atoms with Crippen molar-refractivity contribution < 1.29 is 18.9 Å². The highest BCUT2D eigenvalue weighted by molar-refractivity contribution is 14.0. The third kappa shape index (κ3) is 7.12. The van der Waals surface area contributed by atoms with E-state index >= 15 is 0 Å². The van der Waals surface area contributed by atoms with Gasteiger partial charge in [-0.05, 0) is 43.9 Å². The summed E-state index contributed by atoms with van der Waals surface area (Å²) in [4.78, 5) is 4.45. The Morgan fingerprint density at radius 1 is 1.19 bits per heavy atom. The summed E-state index contributed by atoms with van der Waals surface area (Å²) in [7, 11) is 5.19. The summed E-state index contributed by atoms with van der Waals surface area (Å²) in [6, 6.07) is 6.51. The van der Waals surface area contributed by atoms with Gasteiger partial charge >= 0.3 is 0 Å². The second kappa shape index (κ2) is 13.4. The van der Waals surface area contributed by atoms with Crippen LogP contribution in [0.15, 0.2) is 23.2 Å². The summed E-state index contributed by atoms with van der Waals surface area (Å²) >= 11 is 0. The average molecular weight is 562 g/mol. The van der Waals surface area contributed by atoms with Crippen molar-refractivity contribution in [2.24, 2.45) is 4.99 Å². The number of hydrogen-bond acceptors (Lipinski definition) is 5. The number of aliphatic imine (C=N–C) groups is 1. The van der Waals surface area contributed by atoms with Crippen molar-refractivity contribution in [2.75, 3.05) is 47.6 Å². The first-order valence-electron chi connectivity index (χ1n) is 11.5. The van der Waals surface area contributed by atoms with Crippen molar-refractivity contribution in [2.45, 2.75) is 63.0 Å². The molecule has 3 rings (SSSR count). The minimum atomic E-state index is 0. The number of nitrogens with one attached hydrogen (secondary N) is 2. The van der Waals surface area contributed by atoms with Gasteiger partial charge in [-0.1, -0.05) is 25.3 Å². The second-order valence-electron chi connectivity index (χ2n) is 8.70. The van der Waals surface area contributed by atoms with Gasteiger partial charge < -0.3 is 29.6 Å². The van der Waals surface area contributed by atoms with Crippen molar-refractivity contribution in [3.63, 3.8) is 0 Å². The summed E-state index contributed by atoms with van der Waals surface area (Å²) in [5.41, 5.74) is 1.35. The van der Waals surface area contributed by atoms with Crippen LogP contribution in [0.25, 0.3) is 0 Å². The van der Waals surface area contributed by atoms with Crippen LogP contribution < -0.4 is 20.1 Å². The largest absolute Gasteiger partial charge is 0.493 e. The molecule has 1 aliphatic carbocycles. The normalized spacial score (nSPS) is 21.4. The van der Waals surface area contributed by atoms with Gasteiger partial charge in [0.05, 0.1) is 33.5 Å². The molecule has 8 heteroatoms. The summed E-state index contributed by atoms with van der Waals surface area (Å²) in [6.45, 7) is 5.08. The summed E-state index contributed by atoms with van der Waals surface area (Å²) in [5, 5.41) is 7.06. The van der Waals surface area contributed by atoms with Crippen LogP contribution in [0.4, 0.5) is 0 Å². The standard InChI is InChI=1S/C24H39N3O4.HI/c1-18(15-31-20-10-13-30-16-20)27-23(25-2)26-17-24(11-6-5-7-12-24)19-8-9-21(28-3)22(14-19)29-4;/h8-9,14,18,20H,5-7,10-13,15-17H2,1-4H3,(H2,25,26,27);1H. The van der Waals surface area contributed by atoms with E-state index in [0.29, 0.717) is 13.2 Å². The van der Waals surface area contributed by atoms with Crippen LogP contribution in [-0.2, 0) is 14.9 Å². The van der Waals surface area contributed by atoms with E-state index < -0.39 is 0 Å². The third-order valence-corrected chi connectivity index (χ3v) is 6.48. The number of methoxy groups -OCH3 is 2. The molecular weight excluding hydrogens is 521 g/mol. The fourth-order valence-electron chi connectivity index (χ4n) is 4.61. The zero-order valence-electron chi connectivity index (χ0n) is 19.9. The predicted octanol–water partition coefficient (Wildman–Crippen LogP) is 3.88. The Bertz CT molecular complexity index is 719. The monoisotopic (exact) mass is 561 g/mol. The molecule has 0 spiro atoms. The Hall–Kier alpha value is -1.26. The van der Waals surface area contributed by atoms with Gasteiger partial charge in [-0.2, -0.15) is 0 Å². The average Bonchev–Trinajstić information content (AvgIpc) is 3.34. The van der Waals surface area contributed by atoms with Crippen LogP contribution in [0.5, 0.6) is 11.5 Å². The highest BCUT2D eigenvalue weighted by atomic mass is 127. The molecule has 2 N–H and O–H groups in total. The molecule has 0 radical (unpaired) electrons. The smallest absolute Gasteiger partial charge is 0.191 e. The van der Waals surface area contributed by atoms with Crippen LogP contribution in [0.2, 0.25) is 0 Å². The minimum Gasteiger partial charge on any atom is -0.493 e. The van der Waals surface area contributed by atoms with E-state index in [1.807, 2.05) is 13.1 Å². The molecule has 1 heterocycles. The summed E-state index contributed by atoms with van der Waals surface area (Å²) < 4.78 is 22.3. The lowest BCUT2D eigenvalue weighted by molar-refractivity contribution is 0.0347. The van der Waals surface area contributed by atoms with E-state index in [1.165, 1.54) is 24.8 Å². The van der Waals surface area contributed by atoms with Gasteiger partial charge in [0.2, 0.25) is 0 Å². The molecule has 0 bridgehead atoms. The van der Waals surface area contributed by atoms with Crippen LogP contribution in [-0.4, -0.2) is 65.7 Å². The number of benzene rings is 1. The highest BCUT2D eigenvalue weighted by Crippen LogP contribution is 2.42. The van der Waals surface area contributed by atoms with E-state index in [-0.39, 0.29) is 41.5 Å². The molecule has 2 aliphatic rings. The van der Waals surface area contributed by atoms with Gasteiger partial charge in [0.15, 0.2) is 17.5 Å². The lowest BCUT2D eigenvalue weighted by Crippen LogP contribution is -2.49. The number of rotatable bonds is 9. The maximum atomic E-state index is 5.95. The second-order valence-corrected chi connectivity index (χ2v) is 8.70. The topological polar surface area (TPSA) is 73.3 Å². The van der Waals surface area contributed by atoms with Crippen LogP contribution in [0, 0.1) is 0 Å². The molecular formula is C24H40IN3O4. The highest BCUT2D eigenvalue weighted by Gasteiger charge is 2.35. The van der Waals surface area contributed by atoms with Crippen molar-refractivity contribution in [3.05, 3.63) is 23.8 Å². The molecule has 2 fully saturated rings. The molecule has 1 aromatic carbocycles. The van der Waals surface area contributed by atoms with Crippen LogP contribution in [0.3, 0.4) is 0 Å². The maximum absolute atomic E-state index is 5.95. The molecule has 1 aromatic rings. The molecule has 2 atom stereocenters. The van der Waals surface area contributed by atoms with Gasteiger partial charge in [-0.25, -0.2) is 0 Å². The number of halogens is 1. The van der Waals surface area contributed by atoms with E-state index in [0.717, 1.165) is 49.9 Å². The Balaban J connectivity index is 0.00000363. The molecule has 0 amide bonds. The zero-order chi connectivity index (χ0) is 22.1. The van der Waals surface area contributed by atoms with Crippen LogP contribution in [0.1, 0.15) is 51.0 Å². The minimum absolute atomic E-state index is 0. The first kappa shape index (κ1) is 27.0. The predicted molar refractivity (Wildman–Crippen MR) is 139 cm³/mol. The first-order valence-corrected chi connectivity index (χ1v) is 11.5. The molecule has 2 unspecified atom stereocenters. The van der Waals surface area contributed by atoms with E-state index in [9.17, 15) is 0 Å². The fraction of sp³-hybridized carbons (Fsp3) is 0.708. The summed E-state index contributed by atoms with van der Waals surface area (Å²) in [5.74, 6) is 2.36. The number of hydrogen-bond donors (Lipinski definition) is 2. The van der Waals surface area contributed by atoms with Crippen molar-refractivity contribution in [1.29, 1.82) is 0 Å². The van der Waals surface area contributed by atoms with E-state index in [2.05, 4.69) is 34.7 Å². The molecule has 0 aromatic heterocycles. The molecule has 182 valence electrons. The van der Waals surface area contributed by atoms with Gasteiger partial charge in [-0.3, -0.25) is 4.99 Å². The van der Waals surface area contributed by atoms with Gasteiger partial charge in [-0.15, -0.1) is 24.0 Å². The SMILES string of the molecule is CN=C(NCC1(c2ccc(OC)c(OC)c2)CCCCC1)NC(C)COC1CCOC1.I. The molecule has 1 aliphatic heterocycles. The zero-order valence-corrected chi connectivity index (χ0v) is 22.3. The first-order chi connectivity index (χ1) is 15.1. The number of ether oxygens (including phenoxy) is 4. The lowest BCUT2D eigenvalue weighted by Gasteiger charge is -2.39. The van der Waals surface area contributed by atoms with Crippen molar-refractivity contribution in [3.8, 4) is 11.5 Å². The Morgan fingerprint density at radius 2 is 1.94 bits per heavy atom. The Kier molecular flexibility index (Phi) is 11.3.